The minimum absolute atomic E-state index is 0.256. The monoisotopic (exact) mass is 359 g/mol. The number of methoxy groups -OCH3 is 1. The molecule has 2 fully saturated rings. The highest BCUT2D eigenvalue weighted by atomic mass is 16.5. The molecule has 0 radical (unpaired) electrons. The Bertz CT molecular complexity index is 605. The Morgan fingerprint density at radius 1 is 1.31 bits per heavy atom. The smallest absolute Gasteiger partial charge is 0.222 e. The minimum atomic E-state index is 0.256. The van der Waals surface area contributed by atoms with E-state index in [1.807, 2.05) is 18.0 Å². The Hall–Kier alpha value is -1.55. The number of amides is 1. The van der Waals surface area contributed by atoms with Crippen LogP contribution in [0.4, 0.5) is 0 Å². The molecule has 2 unspecified atom stereocenters. The Morgan fingerprint density at radius 3 is 2.73 bits per heavy atom. The third-order valence-electron chi connectivity index (χ3n) is 5.92. The average Bonchev–Trinajstić information content (AvgIpc) is 3.49. The lowest BCUT2D eigenvalue weighted by Gasteiger charge is -2.26. The summed E-state index contributed by atoms with van der Waals surface area (Å²) in [5.41, 5.74) is 2.43. The van der Waals surface area contributed by atoms with Crippen molar-refractivity contribution in [3.63, 3.8) is 0 Å². The molecule has 1 aliphatic heterocycles. The molecule has 0 bridgehead atoms. The number of hydrogen-bond donors (Lipinski definition) is 0. The van der Waals surface area contributed by atoms with E-state index in [1.165, 1.54) is 31.2 Å². The largest absolute Gasteiger partial charge is 0.496 e. The summed E-state index contributed by atoms with van der Waals surface area (Å²) in [6, 6.07) is 6.37. The third-order valence-corrected chi connectivity index (χ3v) is 5.92. The first kappa shape index (κ1) is 19.2. The number of aryl methyl sites for hydroxylation is 1. The van der Waals surface area contributed by atoms with Gasteiger partial charge in [0, 0.05) is 26.6 Å². The van der Waals surface area contributed by atoms with Gasteiger partial charge in [-0.3, -0.25) is 4.79 Å². The summed E-state index contributed by atoms with van der Waals surface area (Å²) in [6.45, 7) is 3.75. The van der Waals surface area contributed by atoms with Gasteiger partial charge in [-0.2, -0.15) is 0 Å². The lowest BCUT2D eigenvalue weighted by molar-refractivity contribution is -0.130. The lowest BCUT2D eigenvalue weighted by Crippen LogP contribution is -2.32. The summed E-state index contributed by atoms with van der Waals surface area (Å²) in [6.07, 6.45) is 7.94. The fourth-order valence-corrected chi connectivity index (χ4v) is 4.03. The molecule has 4 nitrogen and oxygen atoms in total. The van der Waals surface area contributed by atoms with Crippen LogP contribution in [0.2, 0.25) is 0 Å². The van der Waals surface area contributed by atoms with Gasteiger partial charge >= 0.3 is 0 Å². The molecule has 2 atom stereocenters. The standard InChI is InChI=1S/C22H33NO3/c1-16-14-18(9-10-21(16)25-3)20(17-7-8-17)15-22(24)23(2)12-11-19-6-4-5-13-26-19/h9-10,14,17,19-20H,4-8,11-13,15H2,1-3H3. The van der Waals surface area contributed by atoms with Crippen molar-refractivity contribution in [3.8, 4) is 5.75 Å². The van der Waals surface area contributed by atoms with Gasteiger partial charge < -0.3 is 14.4 Å². The number of carbonyl (C=O) groups excluding carboxylic acids is 1. The molecule has 144 valence electrons. The summed E-state index contributed by atoms with van der Waals surface area (Å²) in [5, 5.41) is 0. The topological polar surface area (TPSA) is 38.8 Å². The normalized spacial score (nSPS) is 21.3. The van der Waals surface area contributed by atoms with E-state index in [2.05, 4.69) is 19.1 Å². The number of rotatable bonds is 8. The second kappa shape index (κ2) is 8.90. The molecule has 1 saturated heterocycles. The van der Waals surface area contributed by atoms with Crippen molar-refractivity contribution in [1.29, 1.82) is 0 Å². The predicted octanol–water partition coefficient (Wildman–Crippen LogP) is 4.30. The lowest BCUT2D eigenvalue weighted by atomic mass is 9.89. The summed E-state index contributed by atoms with van der Waals surface area (Å²) in [4.78, 5) is 14.7. The molecular formula is C22H33NO3. The van der Waals surface area contributed by atoms with Gasteiger partial charge in [0.1, 0.15) is 5.75 Å². The van der Waals surface area contributed by atoms with Crippen molar-refractivity contribution < 1.29 is 14.3 Å². The SMILES string of the molecule is COc1ccc(C(CC(=O)N(C)CCC2CCCCO2)C2CC2)cc1C. The maximum atomic E-state index is 12.8. The van der Waals surface area contributed by atoms with Crippen molar-refractivity contribution in [2.75, 3.05) is 27.3 Å². The van der Waals surface area contributed by atoms with Gasteiger partial charge in [0.25, 0.3) is 0 Å². The van der Waals surface area contributed by atoms with Crippen LogP contribution in [0, 0.1) is 12.8 Å². The van der Waals surface area contributed by atoms with Crippen LogP contribution >= 0.6 is 0 Å². The molecule has 1 aromatic rings. The van der Waals surface area contributed by atoms with Crippen molar-refractivity contribution in [1.82, 2.24) is 4.90 Å². The quantitative estimate of drug-likeness (QED) is 0.694. The zero-order valence-corrected chi connectivity index (χ0v) is 16.5. The van der Waals surface area contributed by atoms with Crippen molar-refractivity contribution in [3.05, 3.63) is 29.3 Å². The van der Waals surface area contributed by atoms with Crippen molar-refractivity contribution >= 4 is 5.91 Å². The zero-order valence-electron chi connectivity index (χ0n) is 16.5. The van der Waals surface area contributed by atoms with Gasteiger partial charge in [-0.25, -0.2) is 0 Å². The average molecular weight is 360 g/mol. The van der Waals surface area contributed by atoms with Crippen LogP contribution in [-0.4, -0.2) is 44.2 Å². The van der Waals surface area contributed by atoms with Crippen molar-refractivity contribution in [2.45, 2.75) is 63.9 Å². The van der Waals surface area contributed by atoms with Gasteiger partial charge in [-0.15, -0.1) is 0 Å². The Kier molecular flexibility index (Phi) is 6.58. The van der Waals surface area contributed by atoms with Crippen LogP contribution in [0.1, 0.15) is 62.0 Å². The molecular weight excluding hydrogens is 326 g/mol. The molecule has 0 aromatic heterocycles. The van der Waals surface area contributed by atoms with Gasteiger partial charge in [0.05, 0.1) is 13.2 Å². The van der Waals surface area contributed by atoms with Crippen LogP contribution in [-0.2, 0) is 9.53 Å². The molecule has 1 heterocycles. The summed E-state index contributed by atoms with van der Waals surface area (Å²) >= 11 is 0. The molecule has 26 heavy (non-hydrogen) atoms. The molecule has 1 aliphatic carbocycles. The first-order chi connectivity index (χ1) is 12.6. The fourth-order valence-electron chi connectivity index (χ4n) is 4.03. The van der Waals surface area contributed by atoms with E-state index >= 15 is 0 Å². The molecule has 2 aliphatic rings. The highest BCUT2D eigenvalue weighted by Gasteiger charge is 2.34. The Morgan fingerprint density at radius 2 is 2.12 bits per heavy atom. The number of nitrogens with zero attached hydrogens (tertiary/aromatic N) is 1. The summed E-state index contributed by atoms with van der Waals surface area (Å²) < 4.78 is 11.2. The Balaban J connectivity index is 1.57. The highest BCUT2D eigenvalue weighted by molar-refractivity contribution is 5.77. The number of carbonyl (C=O) groups is 1. The van der Waals surface area contributed by atoms with Gasteiger partial charge in [-0.05, 0) is 74.5 Å². The number of hydrogen-bond acceptors (Lipinski definition) is 3. The van der Waals surface area contributed by atoms with Gasteiger partial charge in [0.15, 0.2) is 0 Å². The van der Waals surface area contributed by atoms with Crippen molar-refractivity contribution in [2.24, 2.45) is 5.92 Å². The van der Waals surface area contributed by atoms with E-state index in [0.717, 1.165) is 37.3 Å². The van der Waals surface area contributed by atoms with E-state index in [1.54, 1.807) is 7.11 Å². The van der Waals surface area contributed by atoms with Crippen LogP contribution in [0.25, 0.3) is 0 Å². The molecule has 1 saturated carbocycles. The van der Waals surface area contributed by atoms with E-state index in [9.17, 15) is 4.79 Å². The van der Waals surface area contributed by atoms with Crippen LogP contribution < -0.4 is 4.74 Å². The Labute approximate surface area is 157 Å². The second-order valence-corrected chi connectivity index (χ2v) is 7.97. The number of ether oxygens (including phenoxy) is 2. The molecule has 0 spiro atoms. The third kappa shape index (κ3) is 5.00. The summed E-state index contributed by atoms with van der Waals surface area (Å²) in [5.74, 6) is 2.16. The first-order valence-corrected chi connectivity index (χ1v) is 10.1. The maximum Gasteiger partial charge on any atom is 0.222 e. The molecule has 1 aromatic carbocycles. The van der Waals surface area contributed by atoms with E-state index in [4.69, 9.17) is 9.47 Å². The van der Waals surface area contributed by atoms with Crippen LogP contribution in [0.15, 0.2) is 18.2 Å². The first-order valence-electron chi connectivity index (χ1n) is 10.1. The number of benzene rings is 1. The minimum Gasteiger partial charge on any atom is -0.496 e. The summed E-state index contributed by atoms with van der Waals surface area (Å²) in [7, 11) is 3.64. The zero-order chi connectivity index (χ0) is 18.5. The highest BCUT2D eigenvalue weighted by Crippen LogP contribution is 2.45. The molecule has 4 heteroatoms. The van der Waals surface area contributed by atoms with E-state index in [-0.39, 0.29) is 5.91 Å². The second-order valence-electron chi connectivity index (χ2n) is 7.97. The molecule has 3 rings (SSSR count). The van der Waals surface area contributed by atoms with E-state index < -0.39 is 0 Å². The maximum absolute atomic E-state index is 12.8. The van der Waals surface area contributed by atoms with E-state index in [0.29, 0.717) is 24.4 Å². The van der Waals surface area contributed by atoms with Crippen LogP contribution in [0.5, 0.6) is 5.75 Å². The van der Waals surface area contributed by atoms with Crippen LogP contribution in [0.3, 0.4) is 0 Å². The molecule has 0 N–H and O–H groups in total. The fraction of sp³-hybridized carbons (Fsp3) is 0.682. The van der Waals surface area contributed by atoms with Gasteiger partial charge in [-0.1, -0.05) is 12.1 Å². The molecule has 1 amide bonds. The van der Waals surface area contributed by atoms with Gasteiger partial charge in [0.2, 0.25) is 5.91 Å². The predicted molar refractivity (Wildman–Crippen MR) is 104 cm³/mol.